The molecule has 0 aromatic heterocycles. The van der Waals surface area contributed by atoms with Gasteiger partial charge in [0.1, 0.15) is 0 Å². The van der Waals surface area contributed by atoms with Gasteiger partial charge in [-0.2, -0.15) is 0 Å². The highest BCUT2D eigenvalue weighted by Crippen LogP contribution is 2.50. The summed E-state index contributed by atoms with van der Waals surface area (Å²) in [5, 5.41) is 14.5. The molecule has 2 saturated carbocycles. The van der Waals surface area contributed by atoms with Crippen molar-refractivity contribution in [2.75, 3.05) is 53.4 Å². The maximum atomic E-state index is 14.0. The van der Waals surface area contributed by atoms with Crippen LogP contribution in [0, 0.1) is 0 Å². The predicted molar refractivity (Wildman–Crippen MR) is 156 cm³/mol. The van der Waals surface area contributed by atoms with Crippen LogP contribution in [0.25, 0.3) is 0 Å². The summed E-state index contributed by atoms with van der Waals surface area (Å²) in [7, 11) is 4.33. The number of rotatable bonds is 6. The van der Waals surface area contributed by atoms with Gasteiger partial charge in [0, 0.05) is 37.4 Å². The number of piperazine rings is 1. The first-order valence-electron chi connectivity index (χ1n) is 14.4. The van der Waals surface area contributed by atoms with Crippen molar-refractivity contribution >= 4 is 18.7 Å². The third-order valence-corrected chi connectivity index (χ3v) is 9.73. The van der Waals surface area contributed by atoms with Gasteiger partial charge < -0.3 is 20.2 Å². The Balaban J connectivity index is 1.41. The minimum atomic E-state index is -0.772. The number of aliphatic hydroxyl groups is 1. The maximum absolute atomic E-state index is 14.0. The number of amides is 2. The number of carbonyl (C=O) groups excluding carboxylic acids is 1. The number of allylic oxidation sites excluding steroid dienone is 1. The Hall–Kier alpha value is -2.75. The van der Waals surface area contributed by atoms with Crippen LogP contribution in [-0.2, 0) is 5.54 Å². The number of hydrogen-bond acceptors (Lipinski definition) is 5. The lowest BCUT2D eigenvalue weighted by Crippen LogP contribution is -2.59. The van der Waals surface area contributed by atoms with E-state index >= 15 is 0 Å². The summed E-state index contributed by atoms with van der Waals surface area (Å²) in [5.41, 5.74) is 0.981. The molecule has 9 heteroatoms. The smallest absolute Gasteiger partial charge is 0.324 e. The Kier molecular flexibility index (Phi) is 7.86. The fourth-order valence-electron chi connectivity index (χ4n) is 6.95. The summed E-state index contributed by atoms with van der Waals surface area (Å²) < 4.78 is 0. The van der Waals surface area contributed by atoms with Crippen LogP contribution >= 0.6 is 0 Å². The number of aliphatic imine (C=N–C) groups is 2. The summed E-state index contributed by atoms with van der Waals surface area (Å²) in [6.45, 7) is 10.1. The quantitative estimate of drug-likeness (QED) is 0.432. The molecule has 5 rings (SSSR count). The molecule has 2 amide bonds. The lowest BCUT2D eigenvalue weighted by molar-refractivity contribution is -0.0725. The molecular weight excluding hydrogens is 490 g/mol. The zero-order chi connectivity index (χ0) is 27.7. The molecule has 2 heterocycles. The minimum absolute atomic E-state index is 0.0216. The van der Waals surface area contributed by atoms with Gasteiger partial charge in [0.15, 0.2) is 0 Å². The average molecular weight is 536 g/mol. The fraction of sp³-hybridized carbons (Fsp3) is 0.633. The minimum Gasteiger partial charge on any atom is -0.388 e. The molecule has 1 aromatic carbocycles. The molecule has 2 aliphatic heterocycles. The van der Waals surface area contributed by atoms with Crippen LogP contribution in [0.15, 0.2) is 52.2 Å². The van der Waals surface area contributed by atoms with Crippen LogP contribution in [0.4, 0.5) is 4.79 Å². The van der Waals surface area contributed by atoms with Crippen molar-refractivity contribution in [3.8, 4) is 0 Å². The van der Waals surface area contributed by atoms with Gasteiger partial charge in [0.2, 0.25) is 5.96 Å². The Labute approximate surface area is 233 Å². The van der Waals surface area contributed by atoms with Gasteiger partial charge in [-0.3, -0.25) is 9.80 Å². The molecular formula is C30H45N7O2. The molecule has 2 N–H and O–H groups in total. The third-order valence-electron chi connectivity index (χ3n) is 9.73. The SMILES string of the molecule is C=N/C(=N\C=C(/C)N1C[C@]2(CC[C@](c3ccccc3)(N(C)C)CC2)N(CC2(O)CCC2)C1=O)N1CCNCC1. The van der Waals surface area contributed by atoms with Crippen molar-refractivity contribution in [2.24, 2.45) is 9.98 Å². The van der Waals surface area contributed by atoms with Gasteiger partial charge in [-0.15, -0.1) is 0 Å². The van der Waals surface area contributed by atoms with Crippen molar-refractivity contribution < 1.29 is 9.90 Å². The zero-order valence-electron chi connectivity index (χ0n) is 23.9. The van der Waals surface area contributed by atoms with Crippen molar-refractivity contribution in [1.29, 1.82) is 0 Å². The Bertz CT molecular complexity index is 1100. The molecule has 9 nitrogen and oxygen atoms in total. The lowest BCUT2D eigenvalue weighted by atomic mass is 9.67. The number of β-amino-alcohol motifs (C(OH)–C–C–N with tert-alkyl or cyclic N) is 1. The first-order valence-corrected chi connectivity index (χ1v) is 14.4. The van der Waals surface area contributed by atoms with Crippen LogP contribution in [0.1, 0.15) is 57.4 Å². The molecule has 2 aliphatic carbocycles. The lowest BCUT2D eigenvalue weighted by Gasteiger charge is -2.52. The second-order valence-corrected chi connectivity index (χ2v) is 12.1. The van der Waals surface area contributed by atoms with Crippen LogP contribution in [0.3, 0.4) is 0 Å². The topological polar surface area (TPSA) is 87.0 Å². The normalized spacial score (nSPS) is 29.8. The highest BCUT2D eigenvalue weighted by molar-refractivity contribution is 5.85. The first kappa shape index (κ1) is 27.8. The monoisotopic (exact) mass is 535 g/mol. The largest absolute Gasteiger partial charge is 0.388 e. The molecule has 1 spiro atoms. The van der Waals surface area contributed by atoms with Crippen molar-refractivity contribution in [3.05, 3.63) is 47.8 Å². The summed E-state index contributed by atoms with van der Waals surface area (Å²) in [6.07, 6.45) is 7.97. The van der Waals surface area contributed by atoms with E-state index < -0.39 is 5.60 Å². The molecule has 0 bridgehead atoms. The summed E-state index contributed by atoms with van der Waals surface area (Å²) >= 11 is 0. The number of urea groups is 1. The van der Waals surface area contributed by atoms with E-state index in [4.69, 9.17) is 0 Å². The fourth-order valence-corrected chi connectivity index (χ4v) is 6.95. The summed E-state index contributed by atoms with van der Waals surface area (Å²) in [4.78, 5) is 31.2. The molecule has 2 saturated heterocycles. The molecule has 212 valence electrons. The van der Waals surface area contributed by atoms with E-state index in [1.54, 1.807) is 6.20 Å². The zero-order valence-corrected chi connectivity index (χ0v) is 23.9. The van der Waals surface area contributed by atoms with Gasteiger partial charge in [-0.25, -0.2) is 14.8 Å². The highest BCUT2D eigenvalue weighted by atomic mass is 16.3. The molecule has 0 unspecified atom stereocenters. The molecule has 39 heavy (non-hydrogen) atoms. The van der Waals surface area contributed by atoms with Crippen LogP contribution in [-0.4, -0.2) is 108 Å². The molecule has 4 aliphatic rings. The first-order chi connectivity index (χ1) is 18.7. The van der Waals surface area contributed by atoms with E-state index in [0.717, 1.165) is 76.8 Å². The van der Waals surface area contributed by atoms with Gasteiger partial charge in [-0.1, -0.05) is 30.3 Å². The van der Waals surface area contributed by atoms with E-state index in [9.17, 15) is 9.90 Å². The second-order valence-electron chi connectivity index (χ2n) is 12.1. The second kappa shape index (κ2) is 11.0. The number of guanidine groups is 1. The third kappa shape index (κ3) is 5.24. The van der Waals surface area contributed by atoms with Crippen molar-refractivity contribution in [3.63, 3.8) is 0 Å². The van der Waals surface area contributed by atoms with E-state index in [1.807, 2.05) is 16.7 Å². The summed E-state index contributed by atoms with van der Waals surface area (Å²) in [5.74, 6) is 0.592. The van der Waals surface area contributed by atoms with Gasteiger partial charge in [0.05, 0.1) is 30.4 Å². The van der Waals surface area contributed by atoms with E-state index in [-0.39, 0.29) is 17.1 Å². The highest BCUT2D eigenvalue weighted by Gasteiger charge is 2.56. The van der Waals surface area contributed by atoms with Gasteiger partial charge >= 0.3 is 6.03 Å². The Morgan fingerprint density at radius 2 is 1.77 bits per heavy atom. The number of nitrogens with one attached hydrogen (secondary N) is 1. The maximum Gasteiger partial charge on any atom is 0.324 e. The van der Waals surface area contributed by atoms with Crippen molar-refractivity contribution in [2.45, 2.75) is 68.5 Å². The number of benzene rings is 1. The van der Waals surface area contributed by atoms with E-state index in [0.29, 0.717) is 19.0 Å². The Morgan fingerprint density at radius 3 is 2.33 bits per heavy atom. The van der Waals surface area contributed by atoms with E-state index in [1.165, 1.54) is 5.56 Å². The Morgan fingerprint density at radius 1 is 1.10 bits per heavy atom. The number of nitrogens with zero attached hydrogens (tertiary/aromatic N) is 6. The molecule has 0 atom stereocenters. The number of hydrogen-bond donors (Lipinski definition) is 2. The van der Waals surface area contributed by atoms with Crippen LogP contribution in [0.5, 0.6) is 0 Å². The van der Waals surface area contributed by atoms with Crippen molar-refractivity contribution in [1.82, 2.24) is 24.9 Å². The molecule has 0 radical (unpaired) electrons. The standard InChI is InChI=1S/C30H45N7O2/c1-24(21-33-26(31-2)35-19-17-32-18-20-35)36-22-28(37(27(36)38)23-29(39)11-8-12-29)13-15-30(16-14-28,34(3)4)25-9-6-5-7-10-25/h5-7,9-10,21,32,39H,2,8,11-20,22-23H2,1,3-4H3/b24-21+,33-26+/t28-,30+. The molecule has 1 aromatic rings. The van der Waals surface area contributed by atoms with Gasteiger partial charge in [-0.05, 0) is 78.2 Å². The number of carbonyl (C=O) groups is 1. The average Bonchev–Trinajstić information content (AvgIpc) is 3.20. The summed E-state index contributed by atoms with van der Waals surface area (Å²) in [6, 6.07) is 10.7. The van der Waals surface area contributed by atoms with Crippen LogP contribution in [0.2, 0.25) is 0 Å². The molecule has 4 fully saturated rings. The van der Waals surface area contributed by atoms with Gasteiger partial charge in [0.25, 0.3) is 0 Å². The predicted octanol–water partition coefficient (Wildman–Crippen LogP) is 3.23. The van der Waals surface area contributed by atoms with E-state index in [2.05, 4.69) is 76.2 Å². The van der Waals surface area contributed by atoms with Crippen LogP contribution < -0.4 is 5.32 Å².